The lowest BCUT2D eigenvalue weighted by Crippen LogP contribution is -2.20. The Kier molecular flexibility index (Phi) is 4.19. The molecule has 2 N–H and O–H groups in total. The number of hydrazine groups is 1. The van der Waals surface area contributed by atoms with Gasteiger partial charge in [-0.3, -0.25) is 5.43 Å². The van der Waals surface area contributed by atoms with E-state index in [1.54, 1.807) is 42.5 Å². The zero-order valence-corrected chi connectivity index (χ0v) is 11.4. The van der Waals surface area contributed by atoms with E-state index in [1.165, 1.54) is 10.5 Å². The monoisotopic (exact) mass is 294 g/mol. The van der Waals surface area contributed by atoms with Gasteiger partial charge in [-0.1, -0.05) is 23.7 Å². The van der Waals surface area contributed by atoms with Gasteiger partial charge >= 0.3 is 5.97 Å². The minimum atomic E-state index is -0.999. The SMILES string of the molecule is O=C(O)c1ccccc1NN(S)c1ccc(Cl)cc1. The van der Waals surface area contributed by atoms with Crippen molar-refractivity contribution in [3.63, 3.8) is 0 Å². The van der Waals surface area contributed by atoms with Crippen LogP contribution in [0.5, 0.6) is 0 Å². The van der Waals surface area contributed by atoms with E-state index in [2.05, 4.69) is 18.2 Å². The Balaban J connectivity index is 2.21. The molecular formula is C13H11ClN2O2S. The maximum absolute atomic E-state index is 11.1. The maximum Gasteiger partial charge on any atom is 0.337 e. The molecule has 0 saturated carbocycles. The van der Waals surface area contributed by atoms with E-state index in [0.29, 0.717) is 10.7 Å². The largest absolute Gasteiger partial charge is 0.478 e. The van der Waals surface area contributed by atoms with Crippen LogP contribution in [0.25, 0.3) is 0 Å². The molecule has 0 radical (unpaired) electrons. The van der Waals surface area contributed by atoms with Crippen LogP contribution in [-0.2, 0) is 0 Å². The van der Waals surface area contributed by atoms with Crippen molar-refractivity contribution in [2.75, 3.05) is 9.84 Å². The number of carbonyl (C=O) groups is 1. The number of hydrogen-bond acceptors (Lipinski definition) is 4. The number of thiol groups is 1. The van der Waals surface area contributed by atoms with Crippen LogP contribution in [0.3, 0.4) is 0 Å². The average molecular weight is 295 g/mol. The fraction of sp³-hybridized carbons (Fsp3) is 0. The molecule has 6 heteroatoms. The second-order valence-corrected chi connectivity index (χ2v) is 4.59. The first-order chi connectivity index (χ1) is 9.08. The summed E-state index contributed by atoms with van der Waals surface area (Å²) in [7, 11) is 0. The first kappa shape index (κ1) is 13.6. The highest BCUT2D eigenvalue weighted by Crippen LogP contribution is 2.22. The number of aromatic carboxylic acids is 1. The summed E-state index contributed by atoms with van der Waals surface area (Å²) in [5.41, 5.74) is 4.28. The fourth-order valence-electron chi connectivity index (χ4n) is 1.53. The van der Waals surface area contributed by atoms with Crippen LogP contribution in [0.2, 0.25) is 5.02 Å². The van der Waals surface area contributed by atoms with Gasteiger partial charge in [-0.2, -0.15) is 0 Å². The molecule has 0 unspecified atom stereocenters. The van der Waals surface area contributed by atoms with Gasteiger partial charge in [0.05, 0.1) is 16.9 Å². The van der Waals surface area contributed by atoms with Crippen LogP contribution in [0.15, 0.2) is 48.5 Å². The summed E-state index contributed by atoms with van der Waals surface area (Å²) in [6.45, 7) is 0. The van der Waals surface area contributed by atoms with E-state index in [4.69, 9.17) is 16.7 Å². The van der Waals surface area contributed by atoms with E-state index in [-0.39, 0.29) is 5.56 Å². The fourth-order valence-corrected chi connectivity index (χ4v) is 1.90. The van der Waals surface area contributed by atoms with Gasteiger partial charge in [-0.05, 0) is 49.2 Å². The Labute approximate surface area is 121 Å². The molecule has 0 spiro atoms. The second kappa shape index (κ2) is 5.86. The number of carboxylic acids is 1. The van der Waals surface area contributed by atoms with Crippen molar-refractivity contribution < 1.29 is 9.90 Å². The average Bonchev–Trinajstić information content (AvgIpc) is 2.39. The Hall–Kier alpha value is -1.85. The topological polar surface area (TPSA) is 52.6 Å². The lowest BCUT2D eigenvalue weighted by molar-refractivity contribution is 0.0698. The number of nitrogens with one attached hydrogen (secondary N) is 1. The zero-order valence-electron chi connectivity index (χ0n) is 9.75. The van der Waals surface area contributed by atoms with E-state index in [9.17, 15) is 4.79 Å². The third-order valence-corrected chi connectivity index (χ3v) is 3.04. The number of para-hydroxylation sites is 1. The molecule has 0 atom stereocenters. The molecule has 0 bridgehead atoms. The molecule has 0 amide bonds. The molecule has 2 aromatic carbocycles. The van der Waals surface area contributed by atoms with Gasteiger partial charge in [0.15, 0.2) is 0 Å². The highest BCUT2D eigenvalue weighted by Gasteiger charge is 2.10. The number of carboxylic acid groups (broad SMARTS) is 1. The molecule has 0 aromatic heterocycles. The van der Waals surface area contributed by atoms with Crippen LogP contribution in [-0.4, -0.2) is 11.1 Å². The van der Waals surface area contributed by atoms with Crippen molar-refractivity contribution in [3.8, 4) is 0 Å². The lowest BCUT2D eigenvalue weighted by atomic mass is 10.2. The van der Waals surface area contributed by atoms with Gasteiger partial charge in [-0.25, -0.2) is 9.21 Å². The summed E-state index contributed by atoms with van der Waals surface area (Å²) in [4.78, 5) is 11.1. The highest BCUT2D eigenvalue weighted by atomic mass is 35.5. The van der Waals surface area contributed by atoms with Gasteiger partial charge in [0.25, 0.3) is 0 Å². The van der Waals surface area contributed by atoms with E-state index >= 15 is 0 Å². The molecule has 98 valence electrons. The van der Waals surface area contributed by atoms with Crippen LogP contribution in [0.4, 0.5) is 11.4 Å². The Morgan fingerprint density at radius 1 is 1.16 bits per heavy atom. The maximum atomic E-state index is 11.1. The number of hydrogen-bond donors (Lipinski definition) is 3. The van der Waals surface area contributed by atoms with Gasteiger partial charge in [0, 0.05) is 5.02 Å². The standard InChI is InChI=1S/C13H11ClN2O2S/c14-9-5-7-10(8-6-9)16(19)15-12-4-2-1-3-11(12)13(17)18/h1-8,15,19H,(H,17,18). The smallest absolute Gasteiger partial charge is 0.337 e. The second-order valence-electron chi connectivity index (χ2n) is 3.75. The summed E-state index contributed by atoms with van der Waals surface area (Å²) in [6, 6.07) is 13.6. The zero-order chi connectivity index (χ0) is 13.8. The molecule has 0 fully saturated rings. The van der Waals surface area contributed by atoms with Crippen molar-refractivity contribution in [1.29, 1.82) is 0 Å². The summed E-state index contributed by atoms with van der Waals surface area (Å²) in [5, 5.41) is 9.71. The first-order valence-electron chi connectivity index (χ1n) is 5.41. The molecule has 0 aliphatic carbocycles. The van der Waals surface area contributed by atoms with Crippen molar-refractivity contribution >= 4 is 41.8 Å². The Morgan fingerprint density at radius 3 is 2.42 bits per heavy atom. The normalized spacial score (nSPS) is 10.0. The quantitative estimate of drug-likeness (QED) is 0.594. The minimum Gasteiger partial charge on any atom is -0.478 e. The highest BCUT2D eigenvalue weighted by molar-refractivity contribution is 7.81. The molecule has 2 rings (SSSR count). The van der Waals surface area contributed by atoms with E-state index in [1.807, 2.05) is 0 Å². The van der Waals surface area contributed by atoms with Gasteiger partial charge in [0.1, 0.15) is 0 Å². The molecule has 0 aliphatic heterocycles. The number of halogens is 1. The summed E-state index contributed by atoms with van der Waals surface area (Å²) in [5.74, 6) is -0.999. The van der Waals surface area contributed by atoms with Crippen LogP contribution in [0, 0.1) is 0 Å². The molecular weight excluding hydrogens is 284 g/mol. The molecule has 0 aliphatic rings. The molecule has 4 nitrogen and oxygen atoms in total. The minimum absolute atomic E-state index is 0.176. The summed E-state index contributed by atoms with van der Waals surface area (Å²) in [6.07, 6.45) is 0. The van der Waals surface area contributed by atoms with E-state index in [0.717, 1.165) is 5.69 Å². The predicted molar refractivity (Wildman–Crippen MR) is 79.9 cm³/mol. The lowest BCUT2D eigenvalue weighted by Gasteiger charge is -2.21. The molecule has 0 heterocycles. The summed E-state index contributed by atoms with van der Waals surface area (Å²) < 4.78 is 1.43. The first-order valence-corrected chi connectivity index (χ1v) is 6.19. The third kappa shape index (κ3) is 3.33. The van der Waals surface area contributed by atoms with Gasteiger partial charge < -0.3 is 5.11 Å². The Morgan fingerprint density at radius 2 is 1.79 bits per heavy atom. The molecule has 2 aromatic rings. The molecule has 0 saturated heterocycles. The van der Waals surface area contributed by atoms with E-state index < -0.39 is 5.97 Å². The number of nitrogens with zero attached hydrogens (tertiary/aromatic N) is 1. The predicted octanol–water partition coefficient (Wildman–Crippen LogP) is 3.72. The van der Waals surface area contributed by atoms with Crippen molar-refractivity contribution in [2.45, 2.75) is 0 Å². The van der Waals surface area contributed by atoms with Gasteiger partial charge in [-0.15, -0.1) is 0 Å². The van der Waals surface area contributed by atoms with Gasteiger partial charge in [0.2, 0.25) is 0 Å². The van der Waals surface area contributed by atoms with Crippen LogP contribution in [0.1, 0.15) is 10.4 Å². The van der Waals surface area contributed by atoms with Crippen LogP contribution >= 0.6 is 24.4 Å². The number of anilines is 2. The summed E-state index contributed by atoms with van der Waals surface area (Å²) >= 11 is 10.1. The van der Waals surface area contributed by atoms with Crippen molar-refractivity contribution in [3.05, 3.63) is 59.1 Å². The van der Waals surface area contributed by atoms with Crippen LogP contribution < -0.4 is 9.84 Å². The number of rotatable bonds is 4. The van der Waals surface area contributed by atoms with Crippen molar-refractivity contribution in [2.24, 2.45) is 0 Å². The Bertz CT molecular complexity index is 589. The molecule has 19 heavy (non-hydrogen) atoms. The number of benzene rings is 2. The third-order valence-electron chi connectivity index (χ3n) is 2.46. The van der Waals surface area contributed by atoms with Crippen molar-refractivity contribution in [1.82, 2.24) is 0 Å².